The summed E-state index contributed by atoms with van der Waals surface area (Å²) in [5.41, 5.74) is 0. The van der Waals surface area contributed by atoms with Gasteiger partial charge in [0.25, 0.3) is 0 Å². The van der Waals surface area contributed by atoms with Crippen LogP contribution in [0.2, 0.25) is 0 Å². The van der Waals surface area contributed by atoms with Crippen molar-refractivity contribution in [3.63, 3.8) is 0 Å². The third-order valence-electron chi connectivity index (χ3n) is 3.26. The van der Waals surface area contributed by atoms with Crippen LogP contribution >= 0.6 is 11.8 Å². The fourth-order valence-electron chi connectivity index (χ4n) is 2.19. The topological polar surface area (TPSA) is 43.2 Å². The Bertz CT molecular complexity index is 358. The summed E-state index contributed by atoms with van der Waals surface area (Å²) in [6.07, 6.45) is 3.12. The van der Waals surface area contributed by atoms with Crippen molar-refractivity contribution < 1.29 is 4.74 Å². The monoisotopic (exact) mass is 270 g/mol. The van der Waals surface area contributed by atoms with E-state index < -0.39 is 0 Å². The molecule has 1 aromatic rings. The van der Waals surface area contributed by atoms with E-state index in [9.17, 15) is 0 Å². The Hall–Kier alpha value is -0.590. The fraction of sp³-hybridized carbons (Fsp3) is 0.833. The molecule has 1 aliphatic heterocycles. The number of likely N-dealkylation sites (tertiary alicyclic amines) is 1. The highest BCUT2D eigenvalue weighted by molar-refractivity contribution is 7.99. The lowest BCUT2D eigenvalue weighted by molar-refractivity contribution is 0.184. The average Bonchev–Trinajstić information content (AvgIpc) is 2.96. The molecule has 0 aromatic carbocycles. The minimum Gasteiger partial charge on any atom is -0.383 e. The Balaban J connectivity index is 1.71. The van der Waals surface area contributed by atoms with E-state index in [1.807, 2.05) is 0 Å². The molecular formula is C12H22N4OS. The van der Waals surface area contributed by atoms with Crippen molar-refractivity contribution >= 4 is 11.8 Å². The third-order valence-corrected chi connectivity index (χ3v) is 4.22. The molecule has 0 saturated carbocycles. The molecule has 0 spiro atoms. The Morgan fingerprint density at radius 3 is 3.11 bits per heavy atom. The Morgan fingerprint density at radius 2 is 2.39 bits per heavy atom. The molecule has 0 amide bonds. The highest BCUT2D eigenvalue weighted by Crippen LogP contribution is 2.18. The maximum atomic E-state index is 5.07. The van der Waals surface area contributed by atoms with Crippen molar-refractivity contribution in [3.8, 4) is 0 Å². The van der Waals surface area contributed by atoms with Gasteiger partial charge in [-0.2, -0.15) is 0 Å². The summed E-state index contributed by atoms with van der Waals surface area (Å²) in [6.45, 7) is 7.50. The molecule has 1 saturated heterocycles. The highest BCUT2D eigenvalue weighted by atomic mass is 32.2. The lowest BCUT2D eigenvalue weighted by atomic mass is 10.2. The number of nitrogens with zero attached hydrogens (tertiary/aromatic N) is 4. The van der Waals surface area contributed by atoms with E-state index in [0.29, 0.717) is 6.61 Å². The smallest absolute Gasteiger partial charge is 0.191 e. The van der Waals surface area contributed by atoms with Crippen LogP contribution in [0.4, 0.5) is 0 Å². The van der Waals surface area contributed by atoms with Crippen molar-refractivity contribution in [2.75, 3.05) is 39.1 Å². The van der Waals surface area contributed by atoms with Gasteiger partial charge in [-0.05, 0) is 18.9 Å². The molecule has 1 atom stereocenters. The second kappa shape index (κ2) is 7.11. The van der Waals surface area contributed by atoms with Gasteiger partial charge in [0, 0.05) is 32.5 Å². The van der Waals surface area contributed by atoms with Gasteiger partial charge in [-0.15, -0.1) is 10.2 Å². The van der Waals surface area contributed by atoms with Gasteiger partial charge in [0.05, 0.1) is 6.61 Å². The summed E-state index contributed by atoms with van der Waals surface area (Å²) in [5, 5.41) is 9.11. The van der Waals surface area contributed by atoms with Gasteiger partial charge in [0.1, 0.15) is 6.33 Å². The second-order valence-corrected chi connectivity index (χ2v) is 5.90. The molecule has 0 N–H and O–H groups in total. The Morgan fingerprint density at radius 1 is 1.50 bits per heavy atom. The van der Waals surface area contributed by atoms with Crippen LogP contribution in [0.15, 0.2) is 11.5 Å². The average molecular weight is 270 g/mol. The first kappa shape index (κ1) is 13.8. The van der Waals surface area contributed by atoms with Crippen molar-refractivity contribution in [1.29, 1.82) is 0 Å². The molecule has 0 radical (unpaired) electrons. The number of hydrogen-bond donors (Lipinski definition) is 0. The zero-order valence-corrected chi connectivity index (χ0v) is 12.0. The van der Waals surface area contributed by atoms with E-state index in [2.05, 4.69) is 26.6 Å². The minimum absolute atomic E-state index is 0.704. The minimum atomic E-state index is 0.704. The zero-order valence-electron chi connectivity index (χ0n) is 11.2. The van der Waals surface area contributed by atoms with E-state index >= 15 is 0 Å². The molecule has 0 bridgehead atoms. The molecule has 1 aromatic heterocycles. The molecule has 0 aliphatic carbocycles. The lowest BCUT2D eigenvalue weighted by Crippen LogP contribution is -2.23. The number of ether oxygens (including phenoxy) is 1. The number of methoxy groups -OCH3 is 1. The number of rotatable bonds is 7. The predicted molar refractivity (Wildman–Crippen MR) is 72.8 cm³/mol. The van der Waals surface area contributed by atoms with Crippen LogP contribution in [0, 0.1) is 5.92 Å². The van der Waals surface area contributed by atoms with E-state index in [1.165, 1.54) is 19.5 Å². The van der Waals surface area contributed by atoms with E-state index in [-0.39, 0.29) is 0 Å². The van der Waals surface area contributed by atoms with E-state index in [1.54, 1.807) is 25.2 Å². The van der Waals surface area contributed by atoms with Gasteiger partial charge < -0.3 is 14.2 Å². The van der Waals surface area contributed by atoms with Crippen molar-refractivity contribution in [2.24, 2.45) is 5.92 Å². The predicted octanol–water partition coefficient (Wildman–Crippen LogP) is 1.36. The van der Waals surface area contributed by atoms with Gasteiger partial charge in [0.2, 0.25) is 0 Å². The van der Waals surface area contributed by atoms with Crippen molar-refractivity contribution in [2.45, 2.75) is 25.0 Å². The Labute approximate surface area is 113 Å². The van der Waals surface area contributed by atoms with Gasteiger partial charge in [-0.3, -0.25) is 0 Å². The van der Waals surface area contributed by atoms with Gasteiger partial charge in [-0.1, -0.05) is 18.7 Å². The SMILES string of the molecule is COCCn1cnnc1SCCN1CCC(C)C1. The maximum Gasteiger partial charge on any atom is 0.191 e. The fourth-order valence-corrected chi connectivity index (χ4v) is 3.14. The number of hydrogen-bond acceptors (Lipinski definition) is 5. The molecule has 5 nitrogen and oxygen atoms in total. The summed E-state index contributed by atoms with van der Waals surface area (Å²) in [6, 6.07) is 0. The normalized spacial score (nSPS) is 20.7. The second-order valence-electron chi connectivity index (χ2n) is 4.84. The first-order chi connectivity index (χ1) is 8.79. The van der Waals surface area contributed by atoms with E-state index in [0.717, 1.165) is 29.9 Å². The molecule has 2 rings (SSSR count). The van der Waals surface area contributed by atoms with Crippen molar-refractivity contribution in [3.05, 3.63) is 6.33 Å². The summed E-state index contributed by atoms with van der Waals surface area (Å²) in [5.74, 6) is 1.94. The first-order valence-corrected chi connectivity index (χ1v) is 7.50. The van der Waals surface area contributed by atoms with Crippen LogP contribution in [-0.4, -0.2) is 58.8 Å². The molecular weight excluding hydrogens is 248 g/mol. The van der Waals surface area contributed by atoms with Crippen molar-refractivity contribution in [1.82, 2.24) is 19.7 Å². The van der Waals surface area contributed by atoms with Gasteiger partial charge in [-0.25, -0.2) is 0 Å². The summed E-state index contributed by atoms with van der Waals surface area (Å²) in [7, 11) is 1.71. The van der Waals surface area contributed by atoms with E-state index in [4.69, 9.17) is 4.74 Å². The summed E-state index contributed by atoms with van der Waals surface area (Å²) >= 11 is 1.78. The third kappa shape index (κ3) is 3.96. The largest absolute Gasteiger partial charge is 0.383 e. The molecule has 1 unspecified atom stereocenters. The van der Waals surface area contributed by atoms with Crippen LogP contribution in [0.1, 0.15) is 13.3 Å². The molecule has 2 heterocycles. The van der Waals surface area contributed by atoms with Crippen LogP contribution < -0.4 is 0 Å². The molecule has 18 heavy (non-hydrogen) atoms. The maximum absolute atomic E-state index is 5.07. The number of thioether (sulfide) groups is 1. The standard InChI is InChI=1S/C12H22N4OS/c1-11-3-4-15(9-11)6-8-18-12-14-13-10-16(12)5-7-17-2/h10-11H,3-9H2,1-2H3. The molecule has 1 fully saturated rings. The summed E-state index contributed by atoms with van der Waals surface area (Å²) < 4.78 is 7.13. The van der Waals surface area contributed by atoms with Gasteiger partial charge in [0.15, 0.2) is 5.16 Å². The molecule has 6 heteroatoms. The first-order valence-electron chi connectivity index (χ1n) is 6.51. The Kier molecular flexibility index (Phi) is 5.46. The van der Waals surface area contributed by atoms with Crippen LogP contribution in [-0.2, 0) is 11.3 Å². The number of aromatic nitrogens is 3. The van der Waals surface area contributed by atoms with Crippen LogP contribution in [0.5, 0.6) is 0 Å². The highest BCUT2D eigenvalue weighted by Gasteiger charge is 2.18. The molecule has 1 aliphatic rings. The zero-order chi connectivity index (χ0) is 12.8. The molecule has 102 valence electrons. The quantitative estimate of drug-likeness (QED) is 0.700. The van der Waals surface area contributed by atoms with Crippen LogP contribution in [0.25, 0.3) is 0 Å². The lowest BCUT2D eigenvalue weighted by Gasteiger charge is -2.14. The van der Waals surface area contributed by atoms with Crippen LogP contribution in [0.3, 0.4) is 0 Å². The van der Waals surface area contributed by atoms with Gasteiger partial charge >= 0.3 is 0 Å². The summed E-state index contributed by atoms with van der Waals surface area (Å²) in [4.78, 5) is 2.54.